The van der Waals surface area contributed by atoms with Gasteiger partial charge in [0.2, 0.25) is 5.91 Å². The van der Waals surface area contributed by atoms with Crippen molar-refractivity contribution >= 4 is 11.9 Å². The lowest BCUT2D eigenvalue weighted by atomic mass is 9.84. The largest absolute Gasteiger partial charge is 0.466 e. The van der Waals surface area contributed by atoms with Crippen LogP contribution in [0.2, 0.25) is 0 Å². The van der Waals surface area contributed by atoms with Gasteiger partial charge < -0.3 is 10.1 Å². The number of allylic oxidation sites excluding steroid dienone is 1. The molecule has 1 N–H and O–H groups in total. The summed E-state index contributed by atoms with van der Waals surface area (Å²) in [5, 5.41) is 2.51. The highest BCUT2D eigenvalue weighted by atomic mass is 19.4. The number of nitrogens with one attached hydrogen (secondary N) is 1. The van der Waals surface area contributed by atoms with Crippen molar-refractivity contribution in [3.8, 4) is 0 Å². The van der Waals surface area contributed by atoms with E-state index in [0.29, 0.717) is 5.70 Å². The van der Waals surface area contributed by atoms with Crippen LogP contribution in [0.25, 0.3) is 0 Å². The van der Waals surface area contributed by atoms with Gasteiger partial charge in [0.25, 0.3) is 0 Å². The highest BCUT2D eigenvalue weighted by molar-refractivity contribution is 5.95. The SMILES string of the molecule is COC(=O)C1=C(C)NC(=O)C[C@@H]1c1cccc(C(F)(F)F)c1. The summed E-state index contributed by atoms with van der Waals surface area (Å²) in [6.07, 6.45) is -4.60. The van der Waals surface area contributed by atoms with E-state index in [0.717, 1.165) is 12.1 Å². The molecular weight excluding hydrogens is 299 g/mol. The molecular formula is C15H14F3NO3. The molecule has 7 heteroatoms. The Morgan fingerprint density at radius 3 is 2.64 bits per heavy atom. The van der Waals surface area contributed by atoms with E-state index in [4.69, 9.17) is 0 Å². The molecule has 4 nitrogen and oxygen atoms in total. The minimum atomic E-state index is -4.49. The first-order valence-corrected chi connectivity index (χ1v) is 6.50. The topological polar surface area (TPSA) is 55.4 Å². The van der Waals surface area contributed by atoms with Crippen LogP contribution in [-0.2, 0) is 20.5 Å². The lowest BCUT2D eigenvalue weighted by Crippen LogP contribution is -2.34. The van der Waals surface area contributed by atoms with Gasteiger partial charge in [0.1, 0.15) is 0 Å². The van der Waals surface area contributed by atoms with Gasteiger partial charge >= 0.3 is 12.1 Å². The maximum atomic E-state index is 12.8. The van der Waals surface area contributed by atoms with Gasteiger partial charge in [-0.3, -0.25) is 4.79 Å². The molecule has 1 aliphatic heterocycles. The van der Waals surface area contributed by atoms with Crippen molar-refractivity contribution in [3.05, 3.63) is 46.7 Å². The Balaban J connectivity index is 2.51. The van der Waals surface area contributed by atoms with Crippen molar-refractivity contribution in [2.24, 2.45) is 0 Å². The van der Waals surface area contributed by atoms with Crippen molar-refractivity contribution in [1.82, 2.24) is 5.32 Å². The number of ether oxygens (including phenoxy) is 1. The number of methoxy groups -OCH3 is 1. The van der Waals surface area contributed by atoms with Crippen molar-refractivity contribution in [2.45, 2.75) is 25.4 Å². The first-order chi connectivity index (χ1) is 10.2. The fraction of sp³-hybridized carbons (Fsp3) is 0.333. The molecule has 0 fully saturated rings. The average molecular weight is 313 g/mol. The minimum Gasteiger partial charge on any atom is -0.466 e. The summed E-state index contributed by atoms with van der Waals surface area (Å²) in [5.41, 5.74) is -0.103. The van der Waals surface area contributed by atoms with Gasteiger partial charge in [0, 0.05) is 18.0 Å². The molecule has 2 rings (SSSR count). The Morgan fingerprint density at radius 1 is 1.36 bits per heavy atom. The number of esters is 1. The summed E-state index contributed by atoms with van der Waals surface area (Å²) < 4.78 is 43.2. The van der Waals surface area contributed by atoms with Crippen molar-refractivity contribution in [1.29, 1.82) is 0 Å². The van der Waals surface area contributed by atoms with E-state index in [1.165, 1.54) is 26.2 Å². The summed E-state index contributed by atoms with van der Waals surface area (Å²) in [6, 6.07) is 4.63. The third-order valence-electron chi connectivity index (χ3n) is 3.49. The molecule has 1 aliphatic rings. The summed E-state index contributed by atoms with van der Waals surface area (Å²) in [4.78, 5) is 23.6. The van der Waals surface area contributed by atoms with E-state index < -0.39 is 23.6 Å². The molecule has 0 aromatic heterocycles. The monoisotopic (exact) mass is 313 g/mol. The number of carbonyl (C=O) groups excluding carboxylic acids is 2. The van der Waals surface area contributed by atoms with Gasteiger partial charge in [-0.15, -0.1) is 0 Å². The molecule has 1 aromatic rings. The van der Waals surface area contributed by atoms with E-state index in [9.17, 15) is 22.8 Å². The predicted octanol–water partition coefficient (Wildman–Crippen LogP) is 2.76. The summed E-state index contributed by atoms with van der Waals surface area (Å²) in [7, 11) is 1.18. The molecule has 0 saturated heterocycles. The van der Waals surface area contributed by atoms with E-state index in [1.54, 1.807) is 0 Å². The number of carbonyl (C=O) groups is 2. The fourth-order valence-corrected chi connectivity index (χ4v) is 2.50. The maximum Gasteiger partial charge on any atom is 0.416 e. The highest BCUT2D eigenvalue weighted by Gasteiger charge is 2.35. The molecule has 0 aliphatic carbocycles. The van der Waals surface area contributed by atoms with Crippen LogP contribution < -0.4 is 5.32 Å². The normalized spacial score (nSPS) is 19.0. The zero-order valence-corrected chi connectivity index (χ0v) is 12.0. The molecule has 0 spiro atoms. The van der Waals surface area contributed by atoms with Gasteiger partial charge in [-0.05, 0) is 18.6 Å². The highest BCUT2D eigenvalue weighted by Crippen LogP contribution is 2.36. The summed E-state index contributed by atoms with van der Waals surface area (Å²) >= 11 is 0. The Kier molecular flexibility index (Phi) is 4.25. The number of benzene rings is 1. The van der Waals surface area contributed by atoms with Crippen LogP contribution in [0.1, 0.15) is 30.4 Å². The van der Waals surface area contributed by atoms with Crippen LogP contribution in [0, 0.1) is 0 Å². The van der Waals surface area contributed by atoms with E-state index in [-0.39, 0.29) is 23.5 Å². The molecule has 1 amide bonds. The zero-order chi connectivity index (χ0) is 16.5. The number of alkyl halides is 3. The Hall–Kier alpha value is -2.31. The molecule has 0 unspecified atom stereocenters. The smallest absolute Gasteiger partial charge is 0.416 e. The number of hydrogen-bond donors (Lipinski definition) is 1. The molecule has 1 atom stereocenters. The van der Waals surface area contributed by atoms with Gasteiger partial charge in [-0.2, -0.15) is 13.2 Å². The van der Waals surface area contributed by atoms with Crippen LogP contribution >= 0.6 is 0 Å². The van der Waals surface area contributed by atoms with Crippen LogP contribution in [0.15, 0.2) is 35.5 Å². The number of amides is 1. The second kappa shape index (κ2) is 5.82. The number of hydrogen-bond acceptors (Lipinski definition) is 3. The quantitative estimate of drug-likeness (QED) is 0.854. The number of rotatable bonds is 2. The van der Waals surface area contributed by atoms with Gasteiger partial charge in [-0.1, -0.05) is 18.2 Å². The molecule has 118 valence electrons. The lowest BCUT2D eigenvalue weighted by molar-refractivity contribution is -0.137. The Bertz CT molecular complexity index is 650. The molecule has 0 bridgehead atoms. The second-order valence-electron chi connectivity index (χ2n) is 4.96. The van der Waals surface area contributed by atoms with E-state index in [1.807, 2.05) is 0 Å². The van der Waals surface area contributed by atoms with E-state index >= 15 is 0 Å². The lowest BCUT2D eigenvalue weighted by Gasteiger charge is -2.26. The van der Waals surface area contributed by atoms with Gasteiger partial charge in [-0.25, -0.2) is 4.79 Å². The van der Waals surface area contributed by atoms with E-state index in [2.05, 4.69) is 10.1 Å². The second-order valence-corrected chi connectivity index (χ2v) is 4.96. The van der Waals surface area contributed by atoms with Crippen molar-refractivity contribution < 1.29 is 27.5 Å². The van der Waals surface area contributed by atoms with Crippen LogP contribution in [0.4, 0.5) is 13.2 Å². The summed E-state index contributed by atoms with van der Waals surface area (Å²) in [6.45, 7) is 1.52. The minimum absolute atomic E-state index is 0.108. The summed E-state index contributed by atoms with van der Waals surface area (Å²) in [5.74, 6) is -1.78. The molecule has 1 heterocycles. The average Bonchev–Trinajstić information content (AvgIpc) is 2.45. The standard InChI is InChI=1S/C15H14F3NO3/c1-8-13(14(21)22-2)11(7-12(20)19-8)9-4-3-5-10(6-9)15(16,17)18/h3-6,11H,7H2,1-2H3,(H,19,20)/t11-/m1/s1. The predicted molar refractivity (Wildman–Crippen MR) is 71.7 cm³/mol. The van der Waals surface area contributed by atoms with Crippen molar-refractivity contribution in [3.63, 3.8) is 0 Å². The van der Waals surface area contributed by atoms with Crippen LogP contribution in [0.5, 0.6) is 0 Å². The molecule has 22 heavy (non-hydrogen) atoms. The maximum absolute atomic E-state index is 12.8. The third kappa shape index (κ3) is 3.13. The van der Waals surface area contributed by atoms with Gasteiger partial charge in [0.15, 0.2) is 0 Å². The molecule has 1 aromatic carbocycles. The molecule has 0 saturated carbocycles. The fourth-order valence-electron chi connectivity index (χ4n) is 2.50. The Labute approximate surface area is 125 Å². The van der Waals surface area contributed by atoms with Crippen LogP contribution in [0.3, 0.4) is 0 Å². The first kappa shape index (κ1) is 16.1. The van der Waals surface area contributed by atoms with Crippen molar-refractivity contribution in [2.75, 3.05) is 7.11 Å². The van der Waals surface area contributed by atoms with Gasteiger partial charge in [0.05, 0.1) is 18.2 Å². The number of halogens is 3. The third-order valence-corrected chi connectivity index (χ3v) is 3.49. The zero-order valence-electron chi connectivity index (χ0n) is 12.0. The molecule has 0 radical (unpaired) electrons. The van der Waals surface area contributed by atoms with Crippen LogP contribution in [-0.4, -0.2) is 19.0 Å². The first-order valence-electron chi connectivity index (χ1n) is 6.50. The Morgan fingerprint density at radius 2 is 2.05 bits per heavy atom.